The lowest BCUT2D eigenvalue weighted by Crippen LogP contribution is -2.69. The number of aliphatic hydroxyl groups excluding tert-OH is 1. The normalized spacial score (nSPS) is 46.6. The van der Waals surface area contributed by atoms with Crippen molar-refractivity contribution in [2.45, 2.75) is 75.8 Å². The fourth-order valence-corrected chi connectivity index (χ4v) is 8.04. The summed E-state index contributed by atoms with van der Waals surface area (Å²) in [5, 5.41) is 32.5. The van der Waals surface area contributed by atoms with Crippen molar-refractivity contribution in [1.82, 2.24) is 0 Å². The van der Waals surface area contributed by atoms with Crippen LogP contribution in [0.15, 0.2) is 23.8 Å². The molecule has 8 atom stereocenters. The van der Waals surface area contributed by atoms with E-state index < -0.39 is 70.4 Å². The Labute approximate surface area is 215 Å². The molecule has 0 aromatic rings. The highest BCUT2D eigenvalue weighted by Crippen LogP contribution is 2.71. The van der Waals surface area contributed by atoms with Crippen molar-refractivity contribution >= 4 is 35.1 Å². The molecule has 0 bridgehead atoms. The predicted octanol–water partition coefficient (Wildman–Crippen LogP) is 2.58. The first-order valence-corrected chi connectivity index (χ1v) is 12.1. The van der Waals surface area contributed by atoms with Crippen molar-refractivity contribution < 1.29 is 44.7 Å². The molecule has 0 spiro atoms. The summed E-state index contributed by atoms with van der Waals surface area (Å²) in [6.07, 6.45) is -2.36. The van der Waals surface area contributed by atoms with Crippen LogP contribution in [0.3, 0.4) is 0 Å². The van der Waals surface area contributed by atoms with Gasteiger partial charge in [0.05, 0.1) is 23.7 Å². The van der Waals surface area contributed by atoms with Gasteiger partial charge in [0.1, 0.15) is 5.60 Å². The first-order chi connectivity index (χ1) is 17.7. The number of Topliss-reactive ketones (excluding diaryl/α,β-unsaturated/α-hetero) is 1. The SMILES string of the molecule is [2H]C([2H])(C(=O)O)C([2H])([2H])C(=O)OCC(=O)[C@]1(O)[C@@H](C)C[C@@H]2[C@@H]3CCC4=CC(=O)C=C[C@]4(C)[C@@]3(Cl)[C@@H](O)C[C@]21C. The van der Waals surface area contributed by atoms with Crippen LogP contribution in [0.2, 0.25) is 0 Å². The van der Waals surface area contributed by atoms with Crippen LogP contribution < -0.4 is 0 Å². The minimum Gasteiger partial charge on any atom is -0.481 e. The van der Waals surface area contributed by atoms with Crippen LogP contribution in [0.4, 0.5) is 0 Å². The summed E-state index contributed by atoms with van der Waals surface area (Å²) in [5.74, 6) is -6.57. The molecule has 3 fully saturated rings. The lowest BCUT2D eigenvalue weighted by atomic mass is 9.45. The Balaban J connectivity index is 1.63. The van der Waals surface area contributed by atoms with Crippen LogP contribution in [0.5, 0.6) is 0 Å². The minimum absolute atomic E-state index is 0.0781. The minimum atomic E-state index is -3.62. The maximum Gasteiger partial charge on any atom is 0.306 e. The van der Waals surface area contributed by atoms with E-state index in [1.54, 1.807) is 26.0 Å². The van der Waals surface area contributed by atoms with Crippen LogP contribution in [0.25, 0.3) is 0 Å². The van der Waals surface area contributed by atoms with E-state index in [0.717, 1.165) is 5.57 Å². The zero-order valence-electron chi connectivity index (χ0n) is 23.8. The number of allylic oxidation sites excluding steroid dienone is 4. The van der Waals surface area contributed by atoms with E-state index in [-0.39, 0.29) is 24.0 Å². The first kappa shape index (κ1) is 21.1. The Morgan fingerprint density at radius 3 is 2.60 bits per heavy atom. The molecule has 192 valence electrons. The van der Waals surface area contributed by atoms with Gasteiger partial charge in [0, 0.05) is 16.3 Å². The van der Waals surface area contributed by atoms with Crippen molar-refractivity contribution in [2.24, 2.45) is 28.6 Å². The van der Waals surface area contributed by atoms with Gasteiger partial charge in [-0.05, 0) is 55.6 Å². The third-order valence-electron chi connectivity index (χ3n) is 9.25. The molecule has 0 radical (unpaired) electrons. The second-order valence-electron chi connectivity index (χ2n) is 10.7. The van der Waals surface area contributed by atoms with Gasteiger partial charge in [-0.2, -0.15) is 0 Å². The van der Waals surface area contributed by atoms with Gasteiger partial charge in [0.2, 0.25) is 5.78 Å². The summed E-state index contributed by atoms with van der Waals surface area (Å²) < 4.78 is 34.8. The van der Waals surface area contributed by atoms with Crippen LogP contribution in [0.1, 0.15) is 64.7 Å². The number of halogens is 1. The van der Waals surface area contributed by atoms with Crippen molar-refractivity contribution in [3.63, 3.8) is 0 Å². The average molecular weight is 513 g/mol. The van der Waals surface area contributed by atoms with Crippen LogP contribution in [0, 0.1) is 28.6 Å². The zero-order chi connectivity index (χ0) is 29.6. The molecule has 3 N–H and O–H groups in total. The largest absolute Gasteiger partial charge is 0.481 e. The highest BCUT2D eigenvalue weighted by atomic mass is 35.5. The van der Waals surface area contributed by atoms with E-state index in [9.17, 15) is 29.4 Å². The summed E-state index contributed by atoms with van der Waals surface area (Å²) >= 11 is 7.35. The number of ketones is 2. The van der Waals surface area contributed by atoms with Gasteiger partial charge >= 0.3 is 11.9 Å². The van der Waals surface area contributed by atoms with Crippen molar-refractivity contribution in [3.05, 3.63) is 23.8 Å². The van der Waals surface area contributed by atoms with Crippen molar-refractivity contribution in [2.75, 3.05) is 6.61 Å². The van der Waals surface area contributed by atoms with Gasteiger partial charge < -0.3 is 20.1 Å². The number of hydrogen-bond acceptors (Lipinski definition) is 7. The molecule has 0 unspecified atom stereocenters. The summed E-state index contributed by atoms with van der Waals surface area (Å²) in [6, 6.07) is 0. The fraction of sp³-hybridized carbons (Fsp3) is 0.692. The van der Waals surface area contributed by atoms with E-state index in [1.165, 1.54) is 6.08 Å². The number of hydrogen-bond donors (Lipinski definition) is 3. The fourth-order valence-electron chi connectivity index (χ4n) is 7.52. The van der Waals surface area contributed by atoms with Crippen LogP contribution >= 0.6 is 11.6 Å². The number of rotatable bonds is 6. The van der Waals surface area contributed by atoms with Gasteiger partial charge in [-0.1, -0.05) is 32.4 Å². The van der Waals surface area contributed by atoms with E-state index >= 15 is 0 Å². The maximum atomic E-state index is 13.5. The lowest BCUT2D eigenvalue weighted by molar-refractivity contribution is -0.182. The number of carboxylic acids is 1. The topological polar surface area (TPSA) is 138 Å². The molecule has 4 aliphatic rings. The Bertz CT molecular complexity index is 1200. The molecule has 35 heavy (non-hydrogen) atoms. The Morgan fingerprint density at radius 2 is 1.94 bits per heavy atom. The number of alkyl halides is 1. The number of carboxylic acid groups (broad SMARTS) is 1. The average Bonchev–Trinajstić information content (AvgIpc) is 3.04. The molecule has 3 saturated carbocycles. The van der Waals surface area contributed by atoms with Crippen molar-refractivity contribution in [1.29, 1.82) is 0 Å². The second-order valence-corrected chi connectivity index (χ2v) is 11.3. The molecule has 0 aliphatic heterocycles. The number of fused-ring (bicyclic) bond motifs is 5. The number of carbonyl (C=O) groups is 4. The third kappa shape index (κ3) is 3.55. The van der Waals surface area contributed by atoms with E-state index in [2.05, 4.69) is 0 Å². The quantitative estimate of drug-likeness (QED) is 0.364. The number of esters is 1. The molecule has 4 aliphatic carbocycles. The van der Waals surface area contributed by atoms with Gasteiger partial charge in [0.25, 0.3) is 0 Å². The molecule has 4 rings (SSSR count). The lowest BCUT2D eigenvalue weighted by Gasteiger charge is -2.63. The highest BCUT2D eigenvalue weighted by molar-refractivity contribution is 6.26. The van der Waals surface area contributed by atoms with Crippen LogP contribution in [-0.4, -0.2) is 62.0 Å². The zero-order valence-corrected chi connectivity index (χ0v) is 20.6. The first-order valence-electron chi connectivity index (χ1n) is 13.7. The molecule has 8 nitrogen and oxygen atoms in total. The van der Waals surface area contributed by atoms with Gasteiger partial charge in [0.15, 0.2) is 12.4 Å². The molecular formula is C26H33ClO8. The molecule has 0 aromatic carbocycles. The number of aliphatic hydroxyl groups is 2. The number of ether oxygens (including phenoxy) is 1. The van der Waals surface area contributed by atoms with E-state index in [4.69, 9.17) is 26.9 Å². The number of carbonyl (C=O) groups excluding carboxylic acids is 3. The monoisotopic (exact) mass is 512 g/mol. The summed E-state index contributed by atoms with van der Waals surface area (Å²) in [4.78, 5) is 47.8. The van der Waals surface area contributed by atoms with Crippen LogP contribution in [-0.2, 0) is 23.9 Å². The molecule has 9 heteroatoms. The molecule has 0 heterocycles. The summed E-state index contributed by atoms with van der Waals surface area (Å²) in [5.41, 5.74) is -3.32. The summed E-state index contributed by atoms with van der Waals surface area (Å²) in [6.45, 7) is 4.10. The van der Waals surface area contributed by atoms with Gasteiger partial charge in [-0.15, -0.1) is 11.6 Å². The molecular weight excluding hydrogens is 476 g/mol. The Hall–Kier alpha value is -2.03. The predicted molar refractivity (Wildman–Crippen MR) is 125 cm³/mol. The smallest absolute Gasteiger partial charge is 0.306 e. The standard InChI is InChI=1S/C26H33ClO8/c1-14-10-18-17-5-4-15-11-16(28)8-9-23(15,2)25(17,27)19(29)12-24(18,3)26(14,34)20(30)13-35-22(33)7-6-21(31)32/h8-9,11,14,17-19,29,34H,4-7,10,12-13H2,1-3H3,(H,31,32)/t14-,17-,18+,19-,23-,24+,25-,26+/m0/s1/i6D2,7D2. The maximum absolute atomic E-state index is 13.5. The Morgan fingerprint density at radius 1 is 1.26 bits per heavy atom. The number of aliphatic carboxylic acids is 1. The molecule has 0 aromatic heterocycles. The van der Waals surface area contributed by atoms with Gasteiger partial charge in [-0.25, -0.2) is 0 Å². The third-order valence-corrected chi connectivity index (χ3v) is 10.2. The highest BCUT2D eigenvalue weighted by Gasteiger charge is 2.74. The molecule has 0 amide bonds. The molecule has 0 saturated heterocycles. The van der Waals surface area contributed by atoms with Gasteiger partial charge in [-0.3, -0.25) is 19.2 Å². The Kier molecular flexibility index (Phi) is 5.14. The second kappa shape index (κ2) is 8.53. The summed E-state index contributed by atoms with van der Waals surface area (Å²) in [7, 11) is 0. The van der Waals surface area contributed by atoms with E-state index in [1.807, 2.05) is 6.92 Å². The van der Waals surface area contributed by atoms with Crippen molar-refractivity contribution in [3.8, 4) is 0 Å². The van der Waals surface area contributed by atoms with E-state index in [0.29, 0.717) is 19.3 Å².